The van der Waals surface area contributed by atoms with E-state index in [0.717, 1.165) is 0 Å². The molecular weight excluding hydrogens is 214 g/mol. The van der Waals surface area contributed by atoms with Crippen LogP contribution >= 0.6 is 0 Å². The van der Waals surface area contributed by atoms with Crippen molar-refractivity contribution in [3.63, 3.8) is 0 Å². The number of carboxylic acid groups (broad SMARTS) is 1. The zero-order valence-corrected chi connectivity index (χ0v) is 9.83. The lowest BCUT2D eigenvalue weighted by Crippen LogP contribution is -2.53. The molecule has 0 saturated carbocycles. The van der Waals surface area contributed by atoms with Crippen molar-refractivity contribution >= 4 is 17.8 Å². The van der Waals surface area contributed by atoms with Crippen LogP contribution in [-0.2, 0) is 14.4 Å². The second-order valence-electron chi connectivity index (χ2n) is 3.95. The van der Waals surface area contributed by atoms with Gasteiger partial charge in [-0.05, 0) is 20.9 Å². The lowest BCUT2D eigenvalue weighted by molar-refractivity contribution is -0.149. The van der Waals surface area contributed by atoms with Gasteiger partial charge >= 0.3 is 5.97 Å². The Labute approximate surface area is 93.8 Å². The largest absolute Gasteiger partial charge is 0.480 e. The van der Waals surface area contributed by atoms with Crippen molar-refractivity contribution in [2.24, 2.45) is 0 Å². The Bertz CT molecular complexity index is 301. The fourth-order valence-corrected chi connectivity index (χ4v) is 0.774. The van der Waals surface area contributed by atoms with Crippen LogP contribution in [0.25, 0.3) is 0 Å². The molecule has 0 aliphatic heterocycles. The Kier molecular flexibility index (Phi) is 4.90. The number of rotatable bonds is 4. The first-order chi connectivity index (χ1) is 7.17. The zero-order valence-electron chi connectivity index (χ0n) is 9.83. The van der Waals surface area contributed by atoms with E-state index in [2.05, 4.69) is 10.9 Å². The Hall–Kier alpha value is -1.63. The van der Waals surface area contributed by atoms with E-state index in [0.29, 0.717) is 0 Å². The first-order valence-electron chi connectivity index (χ1n) is 4.68. The van der Waals surface area contributed by atoms with Gasteiger partial charge in [0.15, 0.2) is 0 Å². The van der Waals surface area contributed by atoms with Crippen LogP contribution in [0.1, 0.15) is 20.8 Å². The number of hydrogen-bond donors (Lipinski definition) is 3. The zero-order chi connectivity index (χ0) is 12.9. The number of amides is 2. The number of aliphatic carboxylic acids is 1. The molecule has 0 spiro atoms. The van der Waals surface area contributed by atoms with Crippen LogP contribution in [-0.4, -0.2) is 46.9 Å². The number of nitrogens with one attached hydrogen (secondary N) is 2. The molecule has 0 aliphatic rings. The van der Waals surface area contributed by atoms with Crippen molar-refractivity contribution in [2.75, 3.05) is 13.6 Å². The van der Waals surface area contributed by atoms with Crippen LogP contribution in [0.4, 0.5) is 0 Å². The van der Waals surface area contributed by atoms with Crippen molar-refractivity contribution in [1.29, 1.82) is 0 Å². The van der Waals surface area contributed by atoms with Gasteiger partial charge in [0.2, 0.25) is 5.91 Å². The van der Waals surface area contributed by atoms with Gasteiger partial charge in [0.05, 0.1) is 6.54 Å². The summed E-state index contributed by atoms with van der Waals surface area (Å²) in [5.74, 6) is -1.90. The first-order valence-corrected chi connectivity index (χ1v) is 4.68. The molecule has 16 heavy (non-hydrogen) atoms. The monoisotopic (exact) mass is 231 g/mol. The predicted molar refractivity (Wildman–Crippen MR) is 56.3 cm³/mol. The maximum absolute atomic E-state index is 11.3. The minimum absolute atomic E-state index is 0.125. The molecule has 0 saturated heterocycles. The predicted octanol–water partition coefficient (Wildman–Crippen LogP) is -1.05. The molecule has 0 atom stereocenters. The quantitative estimate of drug-likeness (QED) is 0.536. The summed E-state index contributed by atoms with van der Waals surface area (Å²) in [4.78, 5) is 34.0. The average molecular weight is 231 g/mol. The fraction of sp³-hybridized carbons (Fsp3) is 0.667. The molecule has 7 heteroatoms. The summed E-state index contributed by atoms with van der Waals surface area (Å²) >= 11 is 0. The smallest absolute Gasteiger partial charge is 0.323 e. The van der Waals surface area contributed by atoms with Crippen molar-refractivity contribution in [2.45, 2.75) is 26.3 Å². The summed E-state index contributed by atoms with van der Waals surface area (Å²) in [6, 6.07) is 0. The molecule has 0 unspecified atom stereocenters. The third-order valence-electron chi connectivity index (χ3n) is 2.24. The van der Waals surface area contributed by atoms with Crippen LogP contribution in [0.2, 0.25) is 0 Å². The number of carbonyl (C=O) groups is 3. The highest BCUT2D eigenvalue weighted by molar-refractivity contribution is 5.83. The van der Waals surface area contributed by atoms with Crippen LogP contribution in [0.15, 0.2) is 0 Å². The molecule has 7 nitrogen and oxygen atoms in total. The van der Waals surface area contributed by atoms with Gasteiger partial charge in [0.25, 0.3) is 5.91 Å². The van der Waals surface area contributed by atoms with Crippen LogP contribution in [0, 0.1) is 0 Å². The van der Waals surface area contributed by atoms with E-state index in [1.807, 2.05) is 0 Å². The Morgan fingerprint density at radius 2 is 1.75 bits per heavy atom. The van der Waals surface area contributed by atoms with Crippen LogP contribution in [0.5, 0.6) is 0 Å². The van der Waals surface area contributed by atoms with Crippen molar-refractivity contribution in [1.82, 2.24) is 15.8 Å². The number of carbonyl (C=O) groups excluding carboxylic acids is 2. The van der Waals surface area contributed by atoms with E-state index in [4.69, 9.17) is 5.11 Å². The van der Waals surface area contributed by atoms with E-state index in [1.54, 1.807) is 0 Å². The standard InChI is InChI=1S/C9H17N3O4/c1-6(13)10-11-7(14)5-12(4)9(2,3)8(15)16/h5H2,1-4H3,(H,10,13)(H,11,14)(H,15,16). The van der Waals surface area contributed by atoms with Crippen molar-refractivity contribution < 1.29 is 19.5 Å². The number of likely N-dealkylation sites (N-methyl/N-ethyl adjacent to an activating group) is 1. The molecule has 0 heterocycles. The molecule has 0 aromatic rings. The molecule has 0 aromatic carbocycles. The van der Waals surface area contributed by atoms with E-state index >= 15 is 0 Å². The Balaban J connectivity index is 4.24. The maximum atomic E-state index is 11.3. The van der Waals surface area contributed by atoms with E-state index < -0.39 is 23.3 Å². The van der Waals surface area contributed by atoms with Gasteiger partial charge < -0.3 is 5.11 Å². The van der Waals surface area contributed by atoms with Gasteiger partial charge in [0.1, 0.15) is 5.54 Å². The molecule has 0 aliphatic carbocycles. The van der Waals surface area contributed by atoms with Crippen molar-refractivity contribution in [3.05, 3.63) is 0 Å². The lowest BCUT2D eigenvalue weighted by Gasteiger charge is -2.30. The maximum Gasteiger partial charge on any atom is 0.323 e. The molecule has 3 N–H and O–H groups in total. The SMILES string of the molecule is CC(=O)NNC(=O)CN(C)C(C)(C)C(=O)O. The molecule has 0 aromatic heterocycles. The van der Waals surface area contributed by atoms with Gasteiger partial charge in [-0.25, -0.2) is 0 Å². The molecule has 0 bridgehead atoms. The lowest BCUT2D eigenvalue weighted by atomic mass is 10.0. The Morgan fingerprint density at radius 1 is 1.25 bits per heavy atom. The molecular formula is C9H17N3O4. The van der Waals surface area contributed by atoms with E-state index in [9.17, 15) is 14.4 Å². The average Bonchev–Trinajstić information content (AvgIpc) is 2.14. The third-order valence-corrected chi connectivity index (χ3v) is 2.24. The van der Waals surface area contributed by atoms with Gasteiger partial charge in [0, 0.05) is 6.92 Å². The molecule has 92 valence electrons. The molecule has 0 radical (unpaired) electrons. The summed E-state index contributed by atoms with van der Waals surface area (Å²) in [6.45, 7) is 4.10. The van der Waals surface area contributed by atoms with Gasteiger partial charge in [-0.2, -0.15) is 0 Å². The molecule has 0 rings (SSSR count). The Morgan fingerprint density at radius 3 is 2.12 bits per heavy atom. The second-order valence-corrected chi connectivity index (χ2v) is 3.95. The van der Waals surface area contributed by atoms with Gasteiger partial charge in [-0.1, -0.05) is 0 Å². The topological polar surface area (TPSA) is 98.7 Å². The summed E-state index contributed by atoms with van der Waals surface area (Å²) in [5.41, 5.74) is 3.12. The van der Waals surface area contributed by atoms with Crippen LogP contribution < -0.4 is 10.9 Å². The summed E-state index contributed by atoms with van der Waals surface area (Å²) in [7, 11) is 1.52. The molecule has 0 fully saturated rings. The number of hydrogen-bond acceptors (Lipinski definition) is 4. The van der Waals surface area contributed by atoms with E-state index in [-0.39, 0.29) is 6.54 Å². The summed E-state index contributed by atoms with van der Waals surface area (Å²) < 4.78 is 0. The summed E-state index contributed by atoms with van der Waals surface area (Å²) in [5, 5.41) is 8.90. The highest BCUT2D eigenvalue weighted by Crippen LogP contribution is 2.11. The highest BCUT2D eigenvalue weighted by atomic mass is 16.4. The van der Waals surface area contributed by atoms with Crippen molar-refractivity contribution in [3.8, 4) is 0 Å². The minimum atomic E-state index is -1.15. The number of hydrazine groups is 1. The normalized spacial score (nSPS) is 11.1. The number of nitrogens with zero attached hydrogens (tertiary/aromatic N) is 1. The minimum Gasteiger partial charge on any atom is -0.480 e. The first kappa shape index (κ1) is 14.4. The summed E-state index contributed by atoms with van der Waals surface area (Å²) in [6.07, 6.45) is 0. The van der Waals surface area contributed by atoms with E-state index in [1.165, 1.54) is 32.7 Å². The number of carboxylic acids is 1. The second kappa shape index (κ2) is 5.45. The third kappa shape index (κ3) is 4.26. The fourth-order valence-electron chi connectivity index (χ4n) is 0.774. The highest BCUT2D eigenvalue weighted by Gasteiger charge is 2.32. The molecule has 2 amide bonds. The van der Waals surface area contributed by atoms with Crippen LogP contribution in [0.3, 0.4) is 0 Å². The van der Waals surface area contributed by atoms with Gasteiger partial charge in [-0.15, -0.1) is 0 Å². The van der Waals surface area contributed by atoms with Gasteiger partial charge in [-0.3, -0.25) is 30.1 Å².